The smallest absolute Gasteiger partial charge is 0.292 e. The van der Waals surface area contributed by atoms with Crippen LogP contribution in [0.3, 0.4) is 0 Å². The number of halogens is 3. The molecule has 3 fully saturated rings. The maximum atomic E-state index is 14.5. The quantitative estimate of drug-likeness (QED) is 0.599. The average molecular weight is 433 g/mol. The molecule has 6 rings (SSSR count). The van der Waals surface area contributed by atoms with Gasteiger partial charge in [0.1, 0.15) is 11.5 Å². The SMILES string of the molecule is COC=O.Fc1cnc2n[nH]c(-c3nc(NC4CC5CCC4CC5)c(F)cc3F)c2c1. The van der Waals surface area contributed by atoms with Crippen LogP contribution in [-0.2, 0) is 9.53 Å². The van der Waals surface area contributed by atoms with Gasteiger partial charge in [-0.2, -0.15) is 5.10 Å². The number of hydrogen-bond donors (Lipinski definition) is 2. The summed E-state index contributed by atoms with van der Waals surface area (Å²) < 4.78 is 46.3. The van der Waals surface area contributed by atoms with E-state index in [1.54, 1.807) is 0 Å². The van der Waals surface area contributed by atoms with Gasteiger partial charge in [0.05, 0.1) is 24.4 Å². The third-order valence-electron chi connectivity index (χ3n) is 6.01. The average Bonchev–Trinajstić information content (AvgIpc) is 3.19. The molecule has 164 valence electrons. The minimum Gasteiger partial charge on any atom is -0.471 e. The number of anilines is 1. The summed E-state index contributed by atoms with van der Waals surface area (Å²) in [6.45, 7) is 0.375. The van der Waals surface area contributed by atoms with Gasteiger partial charge in [-0.05, 0) is 37.2 Å². The molecule has 3 saturated carbocycles. The van der Waals surface area contributed by atoms with Crippen LogP contribution in [0.15, 0.2) is 18.3 Å². The number of H-pyrrole nitrogens is 1. The lowest BCUT2D eigenvalue weighted by Crippen LogP contribution is -2.40. The predicted molar refractivity (Wildman–Crippen MR) is 108 cm³/mol. The van der Waals surface area contributed by atoms with E-state index in [0.29, 0.717) is 23.7 Å². The number of ether oxygens (including phenoxy) is 1. The van der Waals surface area contributed by atoms with Crippen molar-refractivity contribution in [1.29, 1.82) is 0 Å². The molecule has 1 unspecified atom stereocenters. The number of methoxy groups -OCH3 is 1. The molecular weight excluding hydrogens is 411 g/mol. The van der Waals surface area contributed by atoms with Crippen molar-refractivity contribution in [2.24, 2.45) is 11.8 Å². The van der Waals surface area contributed by atoms with Crippen molar-refractivity contribution in [3.8, 4) is 11.4 Å². The number of carbonyl (C=O) groups excluding carboxylic acids is 1. The molecule has 3 aromatic heterocycles. The van der Waals surface area contributed by atoms with Crippen LogP contribution in [0.5, 0.6) is 0 Å². The van der Waals surface area contributed by atoms with Crippen LogP contribution in [0.4, 0.5) is 19.0 Å². The van der Waals surface area contributed by atoms with Crippen molar-refractivity contribution < 1.29 is 22.7 Å². The van der Waals surface area contributed by atoms with Gasteiger partial charge in [0, 0.05) is 12.1 Å². The van der Waals surface area contributed by atoms with Crippen molar-refractivity contribution in [3.63, 3.8) is 0 Å². The summed E-state index contributed by atoms with van der Waals surface area (Å²) in [5.41, 5.74) is 0.327. The second-order valence-corrected chi connectivity index (χ2v) is 7.87. The topological polar surface area (TPSA) is 92.8 Å². The summed E-state index contributed by atoms with van der Waals surface area (Å²) in [5.74, 6) is -0.943. The molecule has 1 atom stereocenters. The van der Waals surface area contributed by atoms with E-state index in [4.69, 9.17) is 4.79 Å². The lowest BCUT2D eigenvalue weighted by molar-refractivity contribution is -0.126. The molecule has 10 heteroatoms. The number of carbonyl (C=O) groups is 1. The van der Waals surface area contributed by atoms with E-state index in [2.05, 4.69) is 30.2 Å². The Morgan fingerprint density at radius 3 is 2.55 bits per heavy atom. The number of nitrogens with one attached hydrogen (secondary N) is 2. The number of aromatic nitrogens is 4. The van der Waals surface area contributed by atoms with E-state index in [1.165, 1.54) is 26.0 Å². The van der Waals surface area contributed by atoms with Crippen LogP contribution in [0.25, 0.3) is 22.4 Å². The third-order valence-corrected chi connectivity index (χ3v) is 6.01. The zero-order chi connectivity index (χ0) is 22.0. The van der Waals surface area contributed by atoms with Crippen molar-refractivity contribution in [2.75, 3.05) is 12.4 Å². The minimum absolute atomic E-state index is 0.0241. The second-order valence-electron chi connectivity index (χ2n) is 7.87. The van der Waals surface area contributed by atoms with E-state index in [0.717, 1.165) is 31.5 Å². The molecule has 3 aromatic rings. The summed E-state index contributed by atoms with van der Waals surface area (Å²) in [6, 6.07) is 2.17. The standard InChI is InChI=1S/C19H18F3N5.C2H4O2/c20-11-6-12-16(26-27-18(12)23-8-11)17-13(21)7-14(22)19(25-17)24-15-5-9-1-3-10(15)4-2-9;1-4-2-3/h6-10,15H,1-5H2,(H,24,25)(H,23,26,27);2H,1H3. The first-order valence-electron chi connectivity index (χ1n) is 10.1. The number of fused-ring (bicyclic) bond motifs is 4. The zero-order valence-electron chi connectivity index (χ0n) is 16.9. The number of rotatable bonds is 4. The van der Waals surface area contributed by atoms with Gasteiger partial charge in [0.15, 0.2) is 23.1 Å². The van der Waals surface area contributed by atoms with Crippen molar-refractivity contribution in [1.82, 2.24) is 20.2 Å². The highest BCUT2D eigenvalue weighted by Crippen LogP contribution is 2.42. The van der Waals surface area contributed by atoms with Gasteiger partial charge < -0.3 is 10.1 Å². The van der Waals surface area contributed by atoms with Crippen LogP contribution in [0, 0.1) is 29.3 Å². The van der Waals surface area contributed by atoms with E-state index in [9.17, 15) is 13.2 Å². The van der Waals surface area contributed by atoms with E-state index < -0.39 is 17.5 Å². The molecule has 3 aliphatic carbocycles. The fraction of sp³-hybridized carbons (Fsp3) is 0.429. The van der Waals surface area contributed by atoms with Crippen molar-refractivity contribution in [2.45, 2.75) is 38.1 Å². The van der Waals surface area contributed by atoms with Gasteiger partial charge in [-0.3, -0.25) is 9.89 Å². The molecular formula is C21H22F3N5O2. The highest BCUT2D eigenvalue weighted by atomic mass is 19.1. The van der Waals surface area contributed by atoms with Crippen molar-refractivity contribution in [3.05, 3.63) is 35.8 Å². The first kappa shape index (κ1) is 21.1. The highest BCUT2D eigenvalue weighted by molar-refractivity contribution is 5.89. The maximum absolute atomic E-state index is 14.5. The molecule has 3 heterocycles. The maximum Gasteiger partial charge on any atom is 0.292 e. The van der Waals surface area contributed by atoms with Gasteiger partial charge in [-0.15, -0.1) is 0 Å². The Morgan fingerprint density at radius 1 is 1.16 bits per heavy atom. The summed E-state index contributed by atoms with van der Waals surface area (Å²) >= 11 is 0. The summed E-state index contributed by atoms with van der Waals surface area (Å²) in [7, 11) is 1.31. The normalized spacial score (nSPS) is 22.0. The fourth-order valence-corrected chi connectivity index (χ4v) is 4.53. The molecule has 31 heavy (non-hydrogen) atoms. The number of nitrogens with zero attached hydrogens (tertiary/aromatic N) is 3. The number of hydrogen-bond acceptors (Lipinski definition) is 6. The Balaban J connectivity index is 0.000000535. The molecule has 3 aliphatic rings. The Morgan fingerprint density at radius 2 is 1.90 bits per heavy atom. The first-order chi connectivity index (χ1) is 15.0. The lowest BCUT2D eigenvalue weighted by Gasteiger charge is -2.42. The molecule has 0 aromatic carbocycles. The predicted octanol–water partition coefficient (Wildman–Crippen LogP) is 4.22. The number of aromatic amines is 1. The van der Waals surface area contributed by atoms with Crippen molar-refractivity contribution >= 4 is 23.3 Å². The molecule has 0 radical (unpaired) electrons. The Kier molecular flexibility index (Phi) is 6.06. The van der Waals surface area contributed by atoms with Gasteiger partial charge in [0.2, 0.25) is 0 Å². The van der Waals surface area contributed by atoms with Crippen LogP contribution >= 0.6 is 0 Å². The molecule has 0 amide bonds. The van der Waals surface area contributed by atoms with Crippen LogP contribution in [-0.4, -0.2) is 39.8 Å². The van der Waals surface area contributed by atoms with E-state index in [-0.39, 0.29) is 28.9 Å². The summed E-state index contributed by atoms with van der Waals surface area (Å²) in [6.07, 6.45) is 6.74. The van der Waals surface area contributed by atoms with Gasteiger partial charge in [0.25, 0.3) is 6.47 Å². The van der Waals surface area contributed by atoms with Gasteiger partial charge >= 0.3 is 0 Å². The molecule has 7 nitrogen and oxygen atoms in total. The third kappa shape index (κ3) is 4.33. The second kappa shape index (κ2) is 8.91. The first-order valence-corrected chi connectivity index (χ1v) is 10.1. The molecule has 2 N–H and O–H groups in total. The van der Waals surface area contributed by atoms with Gasteiger partial charge in [-0.25, -0.2) is 23.1 Å². The van der Waals surface area contributed by atoms with Crippen LogP contribution in [0.1, 0.15) is 32.1 Å². The number of pyridine rings is 2. The zero-order valence-corrected chi connectivity index (χ0v) is 16.9. The van der Waals surface area contributed by atoms with Crippen LogP contribution < -0.4 is 5.32 Å². The summed E-state index contributed by atoms with van der Waals surface area (Å²) in [4.78, 5) is 17.0. The Bertz CT molecular complexity index is 1080. The Hall–Kier alpha value is -3.17. The van der Waals surface area contributed by atoms with Crippen LogP contribution in [0.2, 0.25) is 0 Å². The Labute approximate surface area is 176 Å². The monoisotopic (exact) mass is 433 g/mol. The molecule has 0 spiro atoms. The largest absolute Gasteiger partial charge is 0.471 e. The minimum atomic E-state index is -0.835. The van der Waals surface area contributed by atoms with E-state index >= 15 is 0 Å². The lowest BCUT2D eigenvalue weighted by atomic mass is 9.68. The summed E-state index contributed by atoms with van der Waals surface area (Å²) in [5, 5.41) is 10.1. The molecule has 0 aliphatic heterocycles. The molecule has 0 saturated heterocycles. The fourth-order valence-electron chi connectivity index (χ4n) is 4.53. The van der Waals surface area contributed by atoms with Gasteiger partial charge in [-0.1, -0.05) is 12.8 Å². The highest BCUT2D eigenvalue weighted by Gasteiger charge is 2.36. The van der Waals surface area contributed by atoms with E-state index in [1.807, 2.05) is 0 Å². The molecule has 2 bridgehead atoms.